The van der Waals surface area contributed by atoms with Crippen LogP contribution in [0.3, 0.4) is 0 Å². The predicted octanol–water partition coefficient (Wildman–Crippen LogP) is 4.88. The van der Waals surface area contributed by atoms with Crippen LogP contribution in [0.2, 0.25) is 0 Å². The molecule has 0 bridgehead atoms. The average Bonchev–Trinajstić information content (AvgIpc) is 2.77. The van der Waals surface area contributed by atoms with Crippen molar-refractivity contribution >= 4 is 31.9 Å². The highest BCUT2D eigenvalue weighted by Crippen LogP contribution is 2.31. The van der Waals surface area contributed by atoms with E-state index in [-0.39, 0.29) is 11.6 Å². The number of nitrogens with zero attached hydrogens (tertiary/aromatic N) is 1. The highest BCUT2D eigenvalue weighted by molar-refractivity contribution is 9.11. The summed E-state index contributed by atoms with van der Waals surface area (Å²) in [7, 11) is 0. The van der Waals surface area contributed by atoms with Crippen molar-refractivity contribution in [3.8, 4) is 11.8 Å². The van der Waals surface area contributed by atoms with Crippen molar-refractivity contribution in [1.82, 2.24) is 10.3 Å². The van der Waals surface area contributed by atoms with Crippen LogP contribution in [0.1, 0.15) is 26.5 Å². The van der Waals surface area contributed by atoms with E-state index in [1.54, 1.807) is 6.26 Å². The summed E-state index contributed by atoms with van der Waals surface area (Å²) in [5, 5.41) is 3.34. The Labute approximate surface area is 135 Å². The minimum absolute atomic E-state index is 0.0364. The second-order valence-corrected chi connectivity index (χ2v) is 7.16. The number of halogens is 2. The first kappa shape index (κ1) is 15.5. The molecule has 0 aliphatic rings. The van der Waals surface area contributed by atoms with Gasteiger partial charge in [0, 0.05) is 16.6 Å². The number of nitrogens with one attached hydrogen (secondary N) is 1. The van der Waals surface area contributed by atoms with E-state index in [1.165, 1.54) is 0 Å². The molecule has 0 amide bonds. The third kappa shape index (κ3) is 4.61. The fraction of sp³-hybridized carbons (Fsp3) is 0.357. The quantitative estimate of drug-likeness (QED) is 0.790. The normalized spacial score (nSPS) is 11.7. The Balaban J connectivity index is 2.02. The van der Waals surface area contributed by atoms with Gasteiger partial charge in [0.15, 0.2) is 0 Å². The van der Waals surface area contributed by atoms with Crippen LogP contribution < -0.4 is 10.1 Å². The van der Waals surface area contributed by atoms with E-state index in [0.717, 1.165) is 14.6 Å². The second kappa shape index (κ2) is 6.28. The Morgan fingerprint density at radius 3 is 2.70 bits per heavy atom. The van der Waals surface area contributed by atoms with Crippen LogP contribution in [-0.4, -0.2) is 10.5 Å². The summed E-state index contributed by atoms with van der Waals surface area (Å²) in [6.45, 7) is 6.94. The van der Waals surface area contributed by atoms with Gasteiger partial charge in [-0.3, -0.25) is 0 Å². The molecule has 0 fully saturated rings. The molecule has 1 aromatic carbocycles. The average molecular weight is 404 g/mol. The summed E-state index contributed by atoms with van der Waals surface area (Å²) in [6, 6.07) is 5.64. The number of aromatic nitrogens is 1. The van der Waals surface area contributed by atoms with Crippen molar-refractivity contribution in [2.24, 2.45) is 0 Å². The molecular weight excluding hydrogens is 388 g/mol. The summed E-state index contributed by atoms with van der Waals surface area (Å²) < 4.78 is 12.7. The Morgan fingerprint density at radius 1 is 1.30 bits per heavy atom. The molecule has 0 aliphatic heterocycles. The Morgan fingerprint density at radius 2 is 2.05 bits per heavy atom. The highest BCUT2D eigenvalue weighted by atomic mass is 79.9. The van der Waals surface area contributed by atoms with Gasteiger partial charge in [0.05, 0.1) is 10.2 Å². The fourth-order valence-electron chi connectivity index (χ4n) is 1.42. The van der Waals surface area contributed by atoms with E-state index in [1.807, 2.05) is 18.2 Å². The van der Waals surface area contributed by atoms with Crippen molar-refractivity contribution < 1.29 is 9.15 Å². The Bertz CT molecular complexity index is 591. The molecule has 0 radical (unpaired) electrons. The van der Waals surface area contributed by atoms with Crippen LogP contribution in [0.25, 0.3) is 0 Å². The second-order valence-electron chi connectivity index (χ2n) is 5.39. The molecule has 0 saturated heterocycles. The summed E-state index contributed by atoms with van der Waals surface area (Å²) in [5.41, 5.74) is 0.845. The highest BCUT2D eigenvalue weighted by Gasteiger charge is 2.12. The molecule has 0 unspecified atom stereocenters. The van der Waals surface area contributed by atoms with Crippen molar-refractivity contribution in [3.63, 3.8) is 0 Å². The summed E-state index contributed by atoms with van der Waals surface area (Å²) in [4.78, 5) is 4.29. The summed E-state index contributed by atoms with van der Waals surface area (Å²) in [6.07, 6.45) is 1.83. The molecule has 1 N–H and O–H groups in total. The topological polar surface area (TPSA) is 47.3 Å². The number of hydrogen-bond acceptors (Lipinski definition) is 4. The van der Waals surface area contributed by atoms with E-state index >= 15 is 0 Å². The predicted molar refractivity (Wildman–Crippen MR) is 85.0 cm³/mol. The SMILES string of the molecule is CC(C)(C)NCc1coc(Oc2ccc(Br)cc2Br)n1. The van der Waals surface area contributed by atoms with E-state index in [0.29, 0.717) is 12.3 Å². The molecule has 20 heavy (non-hydrogen) atoms. The number of oxazole rings is 1. The van der Waals surface area contributed by atoms with Crippen molar-refractivity contribution in [2.75, 3.05) is 0 Å². The third-order valence-electron chi connectivity index (χ3n) is 2.42. The number of rotatable bonds is 4. The molecule has 0 saturated carbocycles. The van der Waals surface area contributed by atoms with E-state index in [2.05, 4.69) is 62.9 Å². The van der Waals surface area contributed by atoms with Gasteiger partial charge in [0.25, 0.3) is 0 Å². The lowest BCUT2D eigenvalue weighted by atomic mass is 10.1. The number of hydrogen-bond donors (Lipinski definition) is 1. The van der Waals surface area contributed by atoms with Crippen LogP contribution in [0.15, 0.2) is 37.8 Å². The van der Waals surface area contributed by atoms with Gasteiger partial charge in [-0.1, -0.05) is 15.9 Å². The molecule has 0 atom stereocenters. The molecule has 0 spiro atoms. The number of ether oxygens (including phenoxy) is 1. The maximum Gasteiger partial charge on any atom is 0.399 e. The van der Waals surface area contributed by atoms with Gasteiger partial charge in [-0.05, 0) is 54.9 Å². The maximum absolute atomic E-state index is 5.60. The van der Waals surface area contributed by atoms with E-state index < -0.39 is 0 Å². The van der Waals surface area contributed by atoms with Crippen molar-refractivity contribution in [2.45, 2.75) is 32.9 Å². The lowest BCUT2D eigenvalue weighted by Crippen LogP contribution is -2.35. The number of benzene rings is 1. The maximum atomic E-state index is 5.60. The monoisotopic (exact) mass is 402 g/mol. The summed E-state index contributed by atoms with van der Waals surface area (Å²) in [5.74, 6) is 0.658. The largest absolute Gasteiger partial charge is 0.417 e. The van der Waals surface area contributed by atoms with E-state index in [9.17, 15) is 0 Å². The lowest BCUT2D eigenvalue weighted by molar-refractivity contribution is 0.329. The first-order chi connectivity index (χ1) is 9.33. The van der Waals surface area contributed by atoms with Crippen LogP contribution in [0, 0.1) is 0 Å². The van der Waals surface area contributed by atoms with Crippen molar-refractivity contribution in [1.29, 1.82) is 0 Å². The van der Waals surface area contributed by atoms with Crippen LogP contribution in [0.5, 0.6) is 11.8 Å². The Kier molecular flexibility index (Phi) is 4.88. The zero-order chi connectivity index (χ0) is 14.8. The summed E-state index contributed by atoms with van der Waals surface area (Å²) >= 11 is 6.82. The van der Waals surface area contributed by atoms with Crippen LogP contribution in [-0.2, 0) is 6.54 Å². The van der Waals surface area contributed by atoms with Crippen LogP contribution >= 0.6 is 31.9 Å². The minimum Gasteiger partial charge on any atom is -0.417 e. The molecule has 2 rings (SSSR count). The van der Waals surface area contributed by atoms with Gasteiger partial charge < -0.3 is 14.5 Å². The van der Waals surface area contributed by atoms with Gasteiger partial charge in [0.2, 0.25) is 0 Å². The Hall–Kier alpha value is -0.850. The zero-order valence-corrected chi connectivity index (χ0v) is 14.7. The zero-order valence-electron chi connectivity index (χ0n) is 11.5. The first-order valence-electron chi connectivity index (χ1n) is 6.16. The van der Waals surface area contributed by atoms with Gasteiger partial charge in [0.1, 0.15) is 12.0 Å². The van der Waals surface area contributed by atoms with Gasteiger partial charge in [-0.2, -0.15) is 4.98 Å². The van der Waals surface area contributed by atoms with Gasteiger partial charge >= 0.3 is 6.08 Å². The minimum atomic E-state index is 0.0364. The molecular formula is C14H16Br2N2O2. The molecule has 2 aromatic rings. The molecule has 1 heterocycles. The van der Waals surface area contributed by atoms with Gasteiger partial charge in [-0.15, -0.1) is 0 Å². The smallest absolute Gasteiger partial charge is 0.399 e. The third-order valence-corrected chi connectivity index (χ3v) is 3.53. The lowest BCUT2D eigenvalue weighted by Gasteiger charge is -2.19. The molecule has 6 heteroatoms. The standard InChI is InChI=1S/C14H16Br2N2O2/c1-14(2,3)17-7-10-8-19-13(18-10)20-12-5-4-9(15)6-11(12)16/h4-6,8,17H,7H2,1-3H3. The molecule has 1 aromatic heterocycles. The van der Waals surface area contributed by atoms with Gasteiger partial charge in [-0.25, -0.2) is 0 Å². The molecule has 4 nitrogen and oxygen atoms in total. The van der Waals surface area contributed by atoms with Crippen molar-refractivity contribution in [3.05, 3.63) is 39.1 Å². The van der Waals surface area contributed by atoms with E-state index in [4.69, 9.17) is 9.15 Å². The fourth-order valence-corrected chi connectivity index (χ4v) is 2.55. The molecule has 0 aliphatic carbocycles. The van der Waals surface area contributed by atoms with Crippen LogP contribution in [0.4, 0.5) is 0 Å². The molecule has 108 valence electrons. The first-order valence-corrected chi connectivity index (χ1v) is 7.74.